The van der Waals surface area contributed by atoms with Gasteiger partial charge in [0.05, 0.1) is 6.10 Å². The highest BCUT2D eigenvalue weighted by atomic mass is 16.5. The summed E-state index contributed by atoms with van der Waals surface area (Å²) >= 11 is 0. The maximum absolute atomic E-state index is 6.01. The second kappa shape index (κ2) is 6.68. The van der Waals surface area contributed by atoms with E-state index in [2.05, 4.69) is 37.6 Å². The van der Waals surface area contributed by atoms with Gasteiger partial charge in [-0.05, 0) is 62.6 Å². The second-order valence-electron chi connectivity index (χ2n) is 4.97. The van der Waals surface area contributed by atoms with Crippen molar-refractivity contribution in [2.75, 3.05) is 0 Å². The smallest absolute Gasteiger partial charge is 0.119 e. The van der Waals surface area contributed by atoms with Gasteiger partial charge in [0.15, 0.2) is 0 Å². The zero-order valence-corrected chi connectivity index (χ0v) is 10.8. The molecule has 0 saturated heterocycles. The van der Waals surface area contributed by atoms with Crippen LogP contribution in [-0.2, 0) is 6.42 Å². The van der Waals surface area contributed by atoms with Gasteiger partial charge in [-0.3, -0.25) is 0 Å². The molecule has 0 atom stereocenters. The predicted octanol–water partition coefficient (Wildman–Crippen LogP) is 4.55. The highest BCUT2D eigenvalue weighted by Crippen LogP contribution is 2.24. The first-order valence-corrected chi connectivity index (χ1v) is 6.92. The topological polar surface area (TPSA) is 9.23 Å². The first-order valence-electron chi connectivity index (χ1n) is 6.92. The van der Waals surface area contributed by atoms with Crippen LogP contribution in [0.2, 0.25) is 0 Å². The molecule has 0 bridgehead atoms. The molecule has 0 N–H and O–H groups in total. The van der Waals surface area contributed by atoms with Crippen LogP contribution in [0.1, 0.15) is 51.0 Å². The third-order valence-corrected chi connectivity index (χ3v) is 3.46. The molecule has 0 aromatic heterocycles. The van der Waals surface area contributed by atoms with Crippen LogP contribution in [0.3, 0.4) is 0 Å². The standard InChI is InChI=1S/C16H23O/c1-2-3-4-8-14-9-7-12-16(13-14)17-15-10-5-6-11-15/h2,7,9,12-13,15H,3-6,8,10-11H2,1H3. The number of benzene rings is 1. The monoisotopic (exact) mass is 231 g/mol. The molecule has 1 aromatic rings. The Balaban J connectivity index is 1.86. The number of hydrogen-bond acceptors (Lipinski definition) is 1. The average molecular weight is 231 g/mol. The van der Waals surface area contributed by atoms with Gasteiger partial charge in [0.1, 0.15) is 5.75 Å². The summed E-state index contributed by atoms with van der Waals surface area (Å²) in [4.78, 5) is 0. The van der Waals surface area contributed by atoms with Crippen molar-refractivity contribution in [3.63, 3.8) is 0 Å². The van der Waals surface area contributed by atoms with Crippen LogP contribution in [0.15, 0.2) is 24.3 Å². The summed E-state index contributed by atoms with van der Waals surface area (Å²) < 4.78 is 6.01. The Labute approximate surface area is 105 Å². The van der Waals surface area contributed by atoms with Crippen LogP contribution in [0.25, 0.3) is 0 Å². The molecule has 2 rings (SSSR count). The molecule has 1 nitrogen and oxygen atoms in total. The van der Waals surface area contributed by atoms with Crippen molar-refractivity contribution >= 4 is 0 Å². The van der Waals surface area contributed by atoms with Crippen LogP contribution in [-0.4, -0.2) is 6.10 Å². The molecule has 93 valence electrons. The number of ether oxygens (including phenoxy) is 1. The van der Waals surface area contributed by atoms with E-state index >= 15 is 0 Å². The summed E-state index contributed by atoms with van der Waals surface area (Å²) in [6.07, 6.45) is 11.4. The van der Waals surface area contributed by atoms with Crippen molar-refractivity contribution in [3.05, 3.63) is 36.2 Å². The second-order valence-corrected chi connectivity index (χ2v) is 4.97. The lowest BCUT2D eigenvalue weighted by Gasteiger charge is -2.13. The third-order valence-electron chi connectivity index (χ3n) is 3.46. The first-order chi connectivity index (χ1) is 8.38. The normalized spacial score (nSPS) is 16.3. The summed E-state index contributed by atoms with van der Waals surface area (Å²) in [5, 5.41) is 0. The Morgan fingerprint density at radius 1 is 1.29 bits per heavy atom. The molecule has 17 heavy (non-hydrogen) atoms. The quantitative estimate of drug-likeness (QED) is 0.652. The molecule has 1 aromatic carbocycles. The SMILES string of the molecule is C[CH]CCCc1cccc(OC2CCCC2)c1. The van der Waals surface area contributed by atoms with Gasteiger partial charge in [-0.2, -0.15) is 0 Å². The van der Waals surface area contributed by atoms with Gasteiger partial charge < -0.3 is 4.74 Å². The highest BCUT2D eigenvalue weighted by Gasteiger charge is 2.16. The van der Waals surface area contributed by atoms with Crippen LogP contribution >= 0.6 is 0 Å². The van der Waals surface area contributed by atoms with Gasteiger partial charge in [0, 0.05) is 0 Å². The van der Waals surface area contributed by atoms with E-state index in [1.807, 2.05) is 0 Å². The molecule has 1 saturated carbocycles. The van der Waals surface area contributed by atoms with Crippen molar-refractivity contribution in [3.8, 4) is 5.75 Å². The Kier molecular flexibility index (Phi) is 4.90. The van der Waals surface area contributed by atoms with Crippen molar-refractivity contribution in [1.29, 1.82) is 0 Å². The van der Waals surface area contributed by atoms with Crippen LogP contribution < -0.4 is 4.74 Å². The minimum atomic E-state index is 0.467. The number of hydrogen-bond donors (Lipinski definition) is 0. The third kappa shape index (κ3) is 4.07. The molecule has 1 aliphatic carbocycles. The Hall–Kier alpha value is -0.980. The number of unbranched alkanes of at least 4 members (excludes halogenated alkanes) is 2. The van der Waals surface area contributed by atoms with Crippen molar-refractivity contribution in [2.24, 2.45) is 0 Å². The van der Waals surface area contributed by atoms with Gasteiger partial charge in [-0.1, -0.05) is 25.5 Å². The van der Waals surface area contributed by atoms with E-state index in [4.69, 9.17) is 4.74 Å². The van der Waals surface area contributed by atoms with Crippen molar-refractivity contribution in [1.82, 2.24) is 0 Å². The summed E-state index contributed by atoms with van der Waals surface area (Å²) in [7, 11) is 0. The fourth-order valence-corrected chi connectivity index (χ4v) is 2.48. The largest absolute Gasteiger partial charge is 0.490 e. The number of aryl methyl sites for hydroxylation is 1. The van der Waals surface area contributed by atoms with Crippen LogP contribution in [0.5, 0.6) is 5.75 Å². The van der Waals surface area contributed by atoms with Gasteiger partial charge in [-0.15, -0.1) is 0 Å². The lowest BCUT2D eigenvalue weighted by molar-refractivity contribution is 0.210. The predicted molar refractivity (Wildman–Crippen MR) is 72.2 cm³/mol. The van der Waals surface area contributed by atoms with E-state index in [1.54, 1.807) is 0 Å². The van der Waals surface area contributed by atoms with E-state index in [-0.39, 0.29) is 0 Å². The van der Waals surface area contributed by atoms with E-state index in [0.717, 1.165) is 12.2 Å². The van der Waals surface area contributed by atoms with E-state index in [0.29, 0.717) is 6.10 Å². The summed E-state index contributed by atoms with van der Waals surface area (Å²) in [5.74, 6) is 1.06. The van der Waals surface area contributed by atoms with Crippen molar-refractivity contribution < 1.29 is 4.74 Å². The molecule has 1 fully saturated rings. The van der Waals surface area contributed by atoms with Crippen LogP contribution in [0, 0.1) is 6.42 Å². The molecule has 0 heterocycles. The lowest BCUT2D eigenvalue weighted by Crippen LogP contribution is -2.10. The Morgan fingerprint density at radius 3 is 2.88 bits per heavy atom. The maximum atomic E-state index is 6.01. The van der Waals surface area contributed by atoms with Crippen LogP contribution in [0.4, 0.5) is 0 Å². The Morgan fingerprint density at radius 2 is 2.12 bits per heavy atom. The van der Waals surface area contributed by atoms with E-state index < -0.39 is 0 Å². The zero-order chi connectivity index (χ0) is 11.9. The number of rotatable bonds is 6. The van der Waals surface area contributed by atoms with Gasteiger partial charge in [0.2, 0.25) is 0 Å². The van der Waals surface area contributed by atoms with Crippen molar-refractivity contribution in [2.45, 2.75) is 58.0 Å². The highest BCUT2D eigenvalue weighted by molar-refractivity contribution is 5.28. The fraction of sp³-hybridized carbons (Fsp3) is 0.562. The fourth-order valence-electron chi connectivity index (χ4n) is 2.48. The molecule has 1 aliphatic rings. The molecule has 0 amide bonds. The molecular formula is C16H23O. The summed E-state index contributed by atoms with van der Waals surface area (Å²) in [5.41, 5.74) is 1.40. The summed E-state index contributed by atoms with van der Waals surface area (Å²) in [6, 6.07) is 8.63. The molecule has 0 spiro atoms. The average Bonchev–Trinajstić information content (AvgIpc) is 2.83. The van der Waals surface area contributed by atoms with Gasteiger partial charge in [0.25, 0.3) is 0 Å². The Bertz CT molecular complexity index is 326. The maximum Gasteiger partial charge on any atom is 0.119 e. The van der Waals surface area contributed by atoms with Gasteiger partial charge in [-0.25, -0.2) is 0 Å². The molecule has 1 heteroatoms. The van der Waals surface area contributed by atoms with E-state index in [1.165, 1.54) is 44.1 Å². The van der Waals surface area contributed by atoms with E-state index in [9.17, 15) is 0 Å². The summed E-state index contributed by atoms with van der Waals surface area (Å²) in [6.45, 7) is 2.12. The zero-order valence-electron chi connectivity index (χ0n) is 10.8. The lowest BCUT2D eigenvalue weighted by atomic mass is 10.1. The van der Waals surface area contributed by atoms with Gasteiger partial charge >= 0.3 is 0 Å². The molecular weight excluding hydrogens is 208 g/mol. The first kappa shape index (κ1) is 12.5. The molecule has 0 unspecified atom stereocenters. The molecule has 0 aliphatic heterocycles. The minimum absolute atomic E-state index is 0.467. The molecule has 1 radical (unpaired) electrons. The minimum Gasteiger partial charge on any atom is -0.490 e.